The predicted molar refractivity (Wildman–Crippen MR) is 176 cm³/mol. The average Bonchev–Trinajstić information content (AvgIpc) is 2.97. The molecule has 1 aromatic rings. The number of aliphatic hydroxyl groups excluding tert-OH is 1. The van der Waals surface area contributed by atoms with Crippen molar-refractivity contribution in [2.24, 2.45) is 11.7 Å². The summed E-state index contributed by atoms with van der Waals surface area (Å²) in [7, 11) is 1.25. The van der Waals surface area contributed by atoms with E-state index in [9.17, 15) is 29.1 Å². The minimum atomic E-state index is -1.23. The summed E-state index contributed by atoms with van der Waals surface area (Å²) in [4.78, 5) is 62.3. The van der Waals surface area contributed by atoms with Gasteiger partial charge in [0.1, 0.15) is 29.0 Å². The first-order valence-corrected chi connectivity index (χ1v) is 15.9. The Labute approximate surface area is 277 Å². The molecule has 0 aliphatic carbocycles. The van der Waals surface area contributed by atoms with Gasteiger partial charge in [0.15, 0.2) is 6.35 Å². The number of hydrogen-bond donors (Lipinski definition) is 7. The molecule has 3 atom stereocenters. The van der Waals surface area contributed by atoms with Crippen LogP contribution >= 0.6 is 0 Å². The van der Waals surface area contributed by atoms with Gasteiger partial charge in [0.2, 0.25) is 17.7 Å². The van der Waals surface area contributed by atoms with Gasteiger partial charge in [-0.05, 0) is 71.0 Å². The first kappa shape index (κ1) is 41.1. The molecule has 0 bridgehead atoms. The summed E-state index contributed by atoms with van der Waals surface area (Å²) < 4.78 is 16.0. The summed E-state index contributed by atoms with van der Waals surface area (Å²) in [6, 6.07) is 2.66. The summed E-state index contributed by atoms with van der Waals surface area (Å²) in [5.41, 5.74) is 5.27. The summed E-state index contributed by atoms with van der Waals surface area (Å²) in [5.74, 6) is -2.07. The average molecular weight is 667 g/mol. The van der Waals surface area contributed by atoms with Crippen LogP contribution in [0.4, 0.5) is 10.5 Å². The Bertz CT molecular complexity index is 1170. The smallest absolute Gasteiger partial charge is 0.407 e. The molecule has 15 nitrogen and oxygen atoms in total. The number of nitrogens with two attached hydrogens (primary N) is 1. The van der Waals surface area contributed by atoms with Crippen LogP contribution in [0.2, 0.25) is 0 Å². The van der Waals surface area contributed by atoms with Gasteiger partial charge in [-0.3, -0.25) is 25.4 Å². The Hall–Kier alpha value is -3.95. The van der Waals surface area contributed by atoms with E-state index in [0.29, 0.717) is 31.7 Å². The molecule has 0 spiro atoms. The second-order valence-corrected chi connectivity index (χ2v) is 12.4. The van der Waals surface area contributed by atoms with Crippen LogP contribution in [0.3, 0.4) is 0 Å². The zero-order valence-corrected chi connectivity index (χ0v) is 28.7. The van der Waals surface area contributed by atoms with E-state index in [1.54, 1.807) is 34.6 Å². The van der Waals surface area contributed by atoms with Gasteiger partial charge in [0.05, 0.1) is 13.7 Å². The molecular formula is C32H54N6O9. The molecule has 0 saturated heterocycles. The van der Waals surface area contributed by atoms with Gasteiger partial charge in [-0.15, -0.1) is 0 Å². The number of aliphatic hydroxyl groups is 1. The van der Waals surface area contributed by atoms with E-state index in [1.807, 2.05) is 0 Å². The van der Waals surface area contributed by atoms with Crippen molar-refractivity contribution in [3.8, 4) is 5.75 Å². The fourth-order valence-electron chi connectivity index (χ4n) is 4.34. The molecule has 0 aliphatic rings. The van der Waals surface area contributed by atoms with Crippen molar-refractivity contribution < 1.29 is 43.3 Å². The number of carbonyl (C=O) groups excluding carboxylic acids is 5. The Morgan fingerprint density at radius 3 is 2.21 bits per heavy atom. The Balaban J connectivity index is 2.89. The normalized spacial score (nSPS) is 13.1. The standard InChI is InChI=1S/C32H54N6O9/c1-20(2)26(36-21(3)39)28(41)38-24(13-12-17-34-30(33)43)27(40)37-22-14-15-23(29(42)45-7)25(19-22)46-18-11-9-8-10-16-35-31(44)47-32(4,5)6/h14-15,19-20,24,26,30,34,43H,8-13,16-18,33H2,1-7H3,(H,35,44)(H,36,39)(H,37,40)(H,38,41)/t24-,26-,30?/m0/s1. The number of methoxy groups -OCH3 is 1. The molecule has 266 valence electrons. The minimum absolute atomic E-state index is 0.179. The summed E-state index contributed by atoms with van der Waals surface area (Å²) in [6.45, 7) is 11.3. The maximum atomic E-state index is 13.4. The minimum Gasteiger partial charge on any atom is -0.493 e. The topological polar surface area (TPSA) is 219 Å². The molecule has 0 heterocycles. The van der Waals surface area contributed by atoms with Crippen LogP contribution in [-0.4, -0.2) is 85.7 Å². The van der Waals surface area contributed by atoms with E-state index in [1.165, 1.54) is 32.2 Å². The van der Waals surface area contributed by atoms with Crippen LogP contribution in [0.1, 0.15) is 90.4 Å². The second kappa shape index (κ2) is 21.0. The lowest BCUT2D eigenvalue weighted by atomic mass is 10.0. The number of rotatable bonds is 20. The summed E-state index contributed by atoms with van der Waals surface area (Å²) in [5, 5.41) is 22.7. The first-order chi connectivity index (χ1) is 22.0. The van der Waals surface area contributed by atoms with Gasteiger partial charge in [0.25, 0.3) is 0 Å². The largest absolute Gasteiger partial charge is 0.493 e. The van der Waals surface area contributed by atoms with Crippen molar-refractivity contribution in [3.63, 3.8) is 0 Å². The van der Waals surface area contributed by atoms with Gasteiger partial charge in [-0.25, -0.2) is 9.59 Å². The highest BCUT2D eigenvalue weighted by atomic mass is 16.6. The summed E-state index contributed by atoms with van der Waals surface area (Å²) >= 11 is 0. The lowest BCUT2D eigenvalue weighted by Gasteiger charge is -2.25. The highest BCUT2D eigenvalue weighted by Gasteiger charge is 2.28. The number of nitrogens with one attached hydrogen (secondary N) is 5. The fraction of sp³-hybridized carbons (Fsp3) is 0.656. The maximum Gasteiger partial charge on any atom is 0.407 e. The number of carbonyl (C=O) groups is 5. The fourth-order valence-corrected chi connectivity index (χ4v) is 4.34. The van der Waals surface area contributed by atoms with Crippen molar-refractivity contribution in [2.75, 3.05) is 32.1 Å². The number of esters is 1. The van der Waals surface area contributed by atoms with Gasteiger partial charge in [-0.2, -0.15) is 0 Å². The second-order valence-electron chi connectivity index (χ2n) is 12.4. The van der Waals surface area contributed by atoms with E-state index in [4.69, 9.17) is 19.9 Å². The van der Waals surface area contributed by atoms with Gasteiger partial charge in [0, 0.05) is 25.2 Å². The Morgan fingerprint density at radius 1 is 0.936 bits per heavy atom. The summed E-state index contributed by atoms with van der Waals surface area (Å²) in [6.07, 6.45) is 1.98. The molecule has 1 unspecified atom stereocenters. The van der Waals surface area contributed by atoms with Crippen molar-refractivity contribution in [3.05, 3.63) is 23.8 Å². The Kier molecular flexibility index (Phi) is 18.4. The number of amides is 4. The first-order valence-electron chi connectivity index (χ1n) is 15.9. The van der Waals surface area contributed by atoms with Crippen molar-refractivity contribution >= 4 is 35.5 Å². The third-order valence-corrected chi connectivity index (χ3v) is 6.62. The van der Waals surface area contributed by atoms with E-state index < -0.39 is 47.9 Å². The zero-order chi connectivity index (χ0) is 35.6. The molecule has 4 amide bonds. The molecule has 15 heteroatoms. The highest BCUT2D eigenvalue weighted by molar-refractivity contribution is 5.99. The zero-order valence-electron chi connectivity index (χ0n) is 28.7. The molecule has 0 aliphatic heterocycles. The number of ether oxygens (including phenoxy) is 3. The lowest BCUT2D eigenvalue weighted by Crippen LogP contribution is -2.54. The quantitative estimate of drug-likeness (QED) is 0.0607. The predicted octanol–water partition coefficient (Wildman–Crippen LogP) is 2.13. The number of benzene rings is 1. The van der Waals surface area contributed by atoms with Crippen LogP contribution in [0.15, 0.2) is 18.2 Å². The number of anilines is 1. The molecule has 0 fully saturated rings. The monoisotopic (exact) mass is 666 g/mol. The van der Waals surface area contributed by atoms with Crippen LogP contribution in [0.25, 0.3) is 0 Å². The van der Waals surface area contributed by atoms with E-state index in [0.717, 1.165) is 19.3 Å². The molecule has 8 N–H and O–H groups in total. The van der Waals surface area contributed by atoms with Crippen LogP contribution < -0.4 is 37.1 Å². The number of alkyl carbamates (subject to hydrolysis) is 1. The third-order valence-electron chi connectivity index (χ3n) is 6.62. The molecule has 0 radical (unpaired) electrons. The SMILES string of the molecule is COC(=O)c1ccc(NC(=O)[C@H](CCCNC(N)O)NC(=O)[C@@H](NC(C)=O)C(C)C)cc1OCCCCCCNC(=O)OC(C)(C)C. The van der Waals surface area contributed by atoms with Crippen molar-refractivity contribution in [2.45, 2.75) is 104 Å². The molecule has 0 aromatic heterocycles. The third kappa shape index (κ3) is 17.5. The van der Waals surface area contributed by atoms with Gasteiger partial charge < -0.3 is 40.6 Å². The van der Waals surface area contributed by atoms with E-state index >= 15 is 0 Å². The van der Waals surface area contributed by atoms with E-state index in [-0.39, 0.29) is 36.1 Å². The molecule has 0 saturated carbocycles. The highest BCUT2D eigenvalue weighted by Crippen LogP contribution is 2.25. The lowest BCUT2D eigenvalue weighted by molar-refractivity contribution is -0.131. The molecule has 1 rings (SSSR count). The Morgan fingerprint density at radius 2 is 1.62 bits per heavy atom. The van der Waals surface area contributed by atoms with E-state index in [2.05, 4.69) is 26.6 Å². The number of hydrogen-bond acceptors (Lipinski definition) is 11. The number of unbranched alkanes of at least 4 members (excludes halogenated alkanes) is 3. The van der Waals surface area contributed by atoms with Crippen LogP contribution in [0.5, 0.6) is 5.75 Å². The molecule has 47 heavy (non-hydrogen) atoms. The van der Waals surface area contributed by atoms with Crippen molar-refractivity contribution in [1.29, 1.82) is 0 Å². The van der Waals surface area contributed by atoms with Gasteiger partial charge >= 0.3 is 12.1 Å². The molecular weight excluding hydrogens is 612 g/mol. The maximum absolute atomic E-state index is 13.4. The van der Waals surface area contributed by atoms with Crippen LogP contribution in [-0.2, 0) is 23.9 Å². The van der Waals surface area contributed by atoms with Gasteiger partial charge in [-0.1, -0.05) is 26.7 Å². The van der Waals surface area contributed by atoms with Crippen molar-refractivity contribution in [1.82, 2.24) is 21.3 Å². The molecule has 1 aromatic carbocycles. The van der Waals surface area contributed by atoms with Crippen LogP contribution in [0, 0.1) is 5.92 Å².